The van der Waals surface area contributed by atoms with Crippen molar-refractivity contribution in [3.63, 3.8) is 0 Å². The maximum Gasteiger partial charge on any atom is 0.337 e. The number of hydrogen-bond donors (Lipinski definition) is 0. The number of ether oxygens (including phenoxy) is 2. The van der Waals surface area contributed by atoms with Crippen molar-refractivity contribution in [2.45, 2.75) is 18.9 Å². The molecule has 1 aliphatic heterocycles. The van der Waals surface area contributed by atoms with Crippen molar-refractivity contribution in [1.82, 2.24) is 4.90 Å². The molecule has 1 atom stereocenters. The number of carbonyl (C=O) groups is 2. The molecule has 1 saturated heterocycles. The van der Waals surface area contributed by atoms with Crippen molar-refractivity contribution in [2.24, 2.45) is 0 Å². The van der Waals surface area contributed by atoms with Gasteiger partial charge in [0.25, 0.3) is 5.91 Å². The van der Waals surface area contributed by atoms with Crippen LogP contribution in [0, 0.1) is 0 Å². The molecule has 0 N–H and O–H groups in total. The van der Waals surface area contributed by atoms with Gasteiger partial charge in [0, 0.05) is 12.1 Å². The zero-order valence-electron chi connectivity index (χ0n) is 14.4. The number of likely N-dealkylation sites (tertiary alicyclic amines) is 1. The van der Waals surface area contributed by atoms with Crippen molar-refractivity contribution in [2.75, 3.05) is 20.8 Å². The van der Waals surface area contributed by atoms with Crippen LogP contribution in [0.3, 0.4) is 0 Å². The molecule has 1 amide bonds. The largest absolute Gasteiger partial charge is 0.497 e. The highest BCUT2D eigenvalue weighted by atomic mass is 16.5. The molecule has 1 fully saturated rings. The summed E-state index contributed by atoms with van der Waals surface area (Å²) < 4.78 is 9.88. The second kappa shape index (κ2) is 7.38. The van der Waals surface area contributed by atoms with E-state index >= 15 is 0 Å². The molecule has 2 aromatic carbocycles. The molecular formula is C20H21NO4. The normalized spacial score (nSPS) is 16.6. The van der Waals surface area contributed by atoms with Crippen LogP contribution < -0.4 is 4.74 Å². The Balaban J connectivity index is 1.79. The highest BCUT2D eigenvalue weighted by Crippen LogP contribution is 2.33. The third-order valence-electron chi connectivity index (χ3n) is 4.57. The molecule has 1 unspecified atom stereocenters. The molecule has 0 bridgehead atoms. The maximum absolute atomic E-state index is 12.9. The Hall–Kier alpha value is -2.82. The summed E-state index contributed by atoms with van der Waals surface area (Å²) in [5, 5.41) is 0. The van der Waals surface area contributed by atoms with Crippen molar-refractivity contribution in [1.29, 1.82) is 0 Å². The average molecular weight is 339 g/mol. The minimum atomic E-state index is -0.406. The lowest BCUT2D eigenvalue weighted by atomic mass is 10.0. The number of carbonyl (C=O) groups excluding carboxylic acids is 2. The molecule has 3 rings (SSSR count). The van der Waals surface area contributed by atoms with E-state index < -0.39 is 5.97 Å². The Morgan fingerprint density at radius 3 is 2.20 bits per heavy atom. The Labute approximate surface area is 147 Å². The summed E-state index contributed by atoms with van der Waals surface area (Å²) in [4.78, 5) is 26.3. The predicted octanol–water partition coefficient (Wildman–Crippen LogP) is 3.46. The first kappa shape index (κ1) is 17.0. The molecule has 2 aromatic rings. The Kier molecular flexibility index (Phi) is 5.03. The fourth-order valence-electron chi connectivity index (χ4n) is 3.21. The van der Waals surface area contributed by atoms with E-state index in [-0.39, 0.29) is 11.9 Å². The van der Waals surface area contributed by atoms with Gasteiger partial charge in [0.15, 0.2) is 0 Å². The Bertz CT molecular complexity index is 752. The van der Waals surface area contributed by atoms with Gasteiger partial charge in [0.1, 0.15) is 5.75 Å². The van der Waals surface area contributed by atoms with E-state index in [9.17, 15) is 9.59 Å². The summed E-state index contributed by atoms with van der Waals surface area (Å²) in [6.45, 7) is 0.730. The fraction of sp³-hybridized carbons (Fsp3) is 0.300. The van der Waals surface area contributed by atoms with Gasteiger partial charge in [-0.1, -0.05) is 12.1 Å². The molecule has 1 aliphatic rings. The second-order valence-corrected chi connectivity index (χ2v) is 6.00. The van der Waals surface area contributed by atoms with Gasteiger partial charge >= 0.3 is 5.97 Å². The zero-order valence-corrected chi connectivity index (χ0v) is 14.4. The summed E-state index contributed by atoms with van der Waals surface area (Å²) in [6.07, 6.45) is 1.92. The van der Waals surface area contributed by atoms with Crippen molar-refractivity contribution >= 4 is 11.9 Å². The van der Waals surface area contributed by atoms with Gasteiger partial charge in [-0.25, -0.2) is 4.79 Å². The van der Waals surface area contributed by atoms with E-state index in [1.807, 2.05) is 29.2 Å². The second-order valence-electron chi connectivity index (χ2n) is 6.00. The molecule has 25 heavy (non-hydrogen) atoms. The van der Waals surface area contributed by atoms with Crippen LogP contribution in [-0.2, 0) is 4.74 Å². The van der Waals surface area contributed by atoms with Crippen LogP contribution in [0.25, 0.3) is 0 Å². The zero-order chi connectivity index (χ0) is 17.8. The van der Waals surface area contributed by atoms with E-state index in [0.29, 0.717) is 11.1 Å². The predicted molar refractivity (Wildman–Crippen MR) is 93.8 cm³/mol. The smallest absolute Gasteiger partial charge is 0.337 e. The molecule has 0 aromatic heterocycles. The third kappa shape index (κ3) is 3.50. The van der Waals surface area contributed by atoms with Crippen molar-refractivity contribution in [3.8, 4) is 5.75 Å². The van der Waals surface area contributed by atoms with Gasteiger partial charge in [0.2, 0.25) is 0 Å². The Morgan fingerprint density at radius 2 is 1.60 bits per heavy atom. The van der Waals surface area contributed by atoms with E-state index in [2.05, 4.69) is 4.74 Å². The lowest BCUT2D eigenvalue weighted by Gasteiger charge is -2.25. The van der Waals surface area contributed by atoms with Gasteiger partial charge < -0.3 is 14.4 Å². The standard InChI is InChI=1S/C20H21NO4/c1-24-17-11-9-14(10-12-17)18-4-3-13-21(18)19(22)15-5-7-16(8-6-15)20(23)25-2/h5-12,18H,3-4,13H2,1-2H3. The van der Waals surface area contributed by atoms with Crippen molar-refractivity contribution in [3.05, 3.63) is 65.2 Å². The average Bonchev–Trinajstić information content (AvgIpc) is 3.16. The molecule has 5 heteroatoms. The molecule has 0 spiro atoms. The highest BCUT2D eigenvalue weighted by Gasteiger charge is 2.30. The van der Waals surface area contributed by atoms with E-state index in [1.54, 1.807) is 31.4 Å². The molecule has 5 nitrogen and oxygen atoms in total. The highest BCUT2D eigenvalue weighted by molar-refractivity contribution is 5.96. The van der Waals surface area contributed by atoms with Gasteiger partial charge in [-0.05, 0) is 54.8 Å². The van der Waals surface area contributed by atoms with Crippen molar-refractivity contribution < 1.29 is 19.1 Å². The van der Waals surface area contributed by atoms with Gasteiger partial charge in [-0.3, -0.25) is 4.79 Å². The summed E-state index contributed by atoms with van der Waals surface area (Å²) in [6, 6.07) is 14.5. The first-order valence-corrected chi connectivity index (χ1v) is 8.27. The lowest BCUT2D eigenvalue weighted by molar-refractivity contribution is 0.0599. The molecular weight excluding hydrogens is 318 g/mol. The fourth-order valence-corrected chi connectivity index (χ4v) is 3.21. The molecule has 130 valence electrons. The number of hydrogen-bond acceptors (Lipinski definition) is 4. The van der Waals surface area contributed by atoms with Gasteiger partial charge in [0.05, 0.1) is 25.8 Å². The quantitative estimate of drug-likeness (QED) is 0.801. The first-order valence-electron chi connectivity index (χ1n) is 8.27. The van der Waals surface area contributed by atoms with E-state index in [4.69, 9.17) is 4.74 Å². The molecule has 1 heterocycles. The molecule has 0 radical (unpaired) electrons. The number of amides is 1. The van der Waals surface area contributed by atoms with Gasteiger partial charge in [-0.15, -0.1) is 0 Å². The third-order valence-corrected chi connectivity index (χ3v) is 4.57. The van der Waals surface area contributed by atoms with Crippen LogP contribution in [0.15, 0.2) is 48.5 Å². The van der Waals surface area contributed by atoms with E-state index in [0.717, 1.165) is 30.7 Å². The summed E-state index contributed by atoms with van der Waals surface area (Å²) in [7, 11) is 2.98. The first-order chi connectivity index (χ1) is 12.1. The molecule has 0 saturated carbocycles. The summed E-state index contributed by atoms with van der Waals surface area (Å²) in [5.41, 5.74) is 2.12. The topological polar surface area (TPSA) is 55.8 Å². The SMILES string of the molecule is COC(=O)c1ccc(C(=O)N2CCCC2c2ccc(OC)cc2)cc1. The summed E-state index contributed by atoms with van der Waals surface area (Å²) >= 11 is 0. The number of esters is 1. The number of benzene rings is 2. The lowest BCUT2D eigenvalue weighted by Crippen LogP contribution is -2.30. The monoisotopic (exact) mass is 339 g/mol. The van der Waals surface area contributed by atoms with Crippen LogP contribution in [0.1, 0.15) is 45.2 Å². The van der Waals surface area contributed by atoms with Crippen LogP contribution in [0.5, 0.6) is 5.75 Å². The van der Waals surface area contributed by atoms with Crippen LogP contribution in [0.2, 0.25) is 0 Å². The summed E-state index contributed by atoms with van der Waals surface area (Å²) in [5.74, 6) is 0.379. The van der Waals surface area contributed by atoms with E-state index in [1.165, 1.54) is 7.11 Å². The Morgan fingerprint density at radius 1 is 0.960 bits per heavy atom. The number of rotatable bonds is 4. The number of nitrogens with zero attached hydrogens (tertiary/aromatic N) is 1. The minimum absolute atomic E-state index is 0.0188. The van der Waals surface area contributed by atoms with Crippen LogP contribution >= 0.6 is 0 Å². The minimum Gasteiger partial charge on any atom is -0.497 e. The number of methoxy groups -OCH3 is 2. The molecule has 0 aliphatic carbocycles. The maximum atomic E-state index is 12.9. The van der Waals surface area contributed by atoms with Crippen LogP contribution in [0.4, 0.5) is 0 Å². The van der Waals surface area contributed by atoms with Gasteiger partial charge in [-0.2, -0.15) is 0 Å². The van der Waals surface area contributed by atoms with Crippen LogP contribution in [-0.4, -0.2) is 37.5 Å².